The molecule has 0 spiro atoms. The lowest BCUT2D eigenvalue weighted by atomic mass is 9.76. The maximum atomic E-state index is 13.3. The molecule has 162 valence electrons. The highest BCUT2D eigenvalue weighted by Crippen LogP contribution is 2.43. The van der Waals surface area contributed by atoms with Gasteiger partial charge in [0.1, 0.15) is 5.82 Å². The molecule has 0 amide bonds. The van der Waals surface area contributed by atoms with Crippen molar-refractivity contribution < 1.29 is 4.79 Å². The van der Waals surface area contributed by atoms with Crippen LogP contribution in [0.4, 0.5) is 5.82 Å². The molecule has 2 aromatic carbocycles. The number of aromatic amines is 1. The van der Waals surface area contributed by atoms with Gasteiger partial charge in [0.2, 0.25) is 0 Å². The number of anilines is 1. The second-order valence-electron chi connectivity index (χ2n) is 8.55. The van der Waals surface area contributed by atoms with E-state index in [4.69, 9.17) is 4.98 Å². The summed E-state index contributed by atoms with van der Waals surface area (Å²) in [6.07, 6.45) is 2.13. The lowest BCUT2D eigenvalue weighted by molar-refractivity contribution is -0.116. The molecule has 2 N–H and O–H groups in total. The number of benzene rings is 2. The predicted octanol–water partition coefficient (Wildman–Crippen LogP) is 5.24. The molecule has 2 heterocycles. The van der Waals surface area contributed by atoms with E-state index >= 15 is 0 Å². The summed E-state index contributed by atoms with van der Waals surface area (Å²) < 4.78 is 0. The van der Waals surface area contributed by atoms with Crippen molar-refractivity contribution in [3.05, 3.63) is 98.0 Å². The van der Waals surface area contributed by atoms with Crippen LogP contribution < -0.4 is 10.9 Å². The van der Waals surface area contributed by atoms with Crippen molar-refractivity contribution in [1.29, 1.82) is 0 Å². The van der Waals surface area contributed by atoms with Crippen molar-refractivity contribution >= 4 is 23.4 Å². The first-order valence-electron chi connectivity index (χ1n) is 10.9. The summed E-state index contributed by atoms with van der Waals surface area (Å²) in [6, 6.07) is 16.4. The fourth-order valence-electron chi connectivity index (χ4n) is 4.44. The number of fused-ring (bicyclic) bond motifs is 1. The zero-order chi connectivity index (χ0) is 22.2. The van der Waals surface area contributed by atoms with Gasteiger partial charge < -0.3 is 10.3 Å². The van der Waals surface area contributed by atoms with Gasteiger partial charge in [0, 0.05) is 29.4 Å². The highest BCUT2D eigenvalue weighted by atomic mass is 32.2. The molecule has 2 aliphatic rings. The van der Waals surface area contributed by atoms with Gasteiger partial charge in [-0.15, -0.1) is 0 Å². The number of aromatic nitrogens is 2. The Morgan fingerprint density at radius 3 is 2.38 bits per heavy atom. The van der Waals surface area contributed by atoms with Crippen molar-refractivity contribution in [2.75, 3.05) is 5.32 Å². The van der Waals surface area contributed by atoms with Crippen molar-refractivity contribution in [2.45, 2.75) is 49.9 Å². The molecule has 3 aromatic rings. The highest BCUT2D eigenvalue weighted by Gasteiger charge is 2.37. The van der Waals surface area contributed by atoms with Crippen LogP contribution in [0, 0.1) is 13.8 Å². The number of hydrogen-bond donors (Lipinski definition) is 2. The number of H-pyrrole nitrogens is 1. The summed E-state index contributed by atoms with van der Waals surface area (Å²) in [5.41, 5.74) is 6.46. The maximum Gasteiger partial charge on any atom is 0.257 e. The number of carbonyl (C=O) groups is 1. The van der Waals surface area contributed by atoms with Crippen LogP contribution in [0.1, 0.15) is 53.0 Å². The number of rotatable bonds is 4. The summed E-state index contributed by atoms with van der Waals surface area (Å²) >= 11 is 1.51. The van der Waals surface area contributed by atoms with Crippen molar-refractivity contribution in [2.24, 2.45) is 0 Å². The Kier molecular flexibility index (Phi) is 5.47. The average Bonchev–Trinajstić information content (AvgIpc) is 2.78. The molecule has 0 radical (unpaired) electrons. The topological polar surface area (TPSA) is 74.8 Å². The lowest BCUT2D eigenvalue weighted by Crippen LogP contribution is -2.32. The standard InChI is InChI=1S/C26H25N3O2S/c1-15-6-10-17(11-7-15)14-32-26-28-24-23(25(31)29-26)21(18-12-8-16(2)9-13-18)22-19(27-24)4-3-5-20(22)30/h6-13,21H,3-5,14H2,1-2H3,(H2,27,28,29,31)/t21-/m0/s1. The summed E-state index contributed by atoms with van der Waals surface area (Å²) in [7, 11) is 0. The summed E-state index contributed by atoms with van der Waals surface area (Å²) in [5, 5.41) is 3.92. The minimum absolute atomic E-state index is 0.118. The van der Waals surface area contributed by atoms with Gasteiger partial charge in [-0.3, -0.25) is 9.59 Å². The van der Waals surface area contributed by atoms with Crippen molar-refractivity contribution in [1.82, 2.24) is 9.97 Å². The van der Waals surface area contributed by atoms with Crippen molar-refractivity contribution in [3.63, 3.8) is 0 Å². The van der Waals surface area contributed by atoms with Gasteiger partial charge in [0.05, 0.1) is 5.56 Å². The number of nitrogens with one attached hydrogen (secondary N) is 2. The molecule has 5 nitrogen and oxygen atoms in total. The molecule has 1 aliphatic heterocycles. The van der Waals surface area contributed by atoms with E-state index in [0.29, 0.717) is 23.0 Å². The Morgan fingerprint density at radius 1 is 0.969 bits per heavy atom. The molecule has 0 bridgehead atoms. The minimum atomic E-state index is -0.387. The zero-order valence-electron chi connectivity index (χ0n) is 18.2. The fraction of sp³-hybridized carbons (Fsp3) is 0.269. The molecular formula is C26H25N3O2S. The molecule has 0 fully saturated rings. The summed E-state index contributed by atoms with van der Waals surface area (Å²) in [6.45, 7) is 4.09. The molecule has 1 aliphatic carbocycles. The molecule has 32 heavy (non-hydrogen) atoms. The maximum absolute atomic E-state index is 13.3. The van der Waals surface area contributed by atoms with Crippen LogP contribution in [0.5, 0.6) is 0 Å². The first-order chi connectivity index (χ1) is 15.5. The van der Waals surface area contributed by atoms with E-state index in [0.717, 1.165) is 41.0 Å². The Labute approximate surface area is 191 Å². The molecule has 5 rings (SSSR count). The van der Waals surface area contributed by atoms with Gasteiger partial charge in [-0.1, -0.05) is 71.4 Å². The number of carbonyl (C=O) groups excluding carboxylic acids is 1. The Hall–Kier alpha value is -3.12. The molecule has 6 heteroatoms. The Morgan fingerprint density at radius 2 is 1.66 bits per heavy atom. The average molecular weight is 444 g/mol. The molecule has 1 atom stereocenters. The first kappa shape index (κ1) is 20.8. The van der Waals surface area contributed by atoms with Gasteiger partial charge in [0.25, 0.3) is 5.56 Å². The van der Waals surface area contributed by atoms with Gasteiger partial charge in [-0.2, -0.15) is 0 Å². The molecule has 0 unspecified atom stereocenters. The zero-order valence-corrected chi connectivity index (χ0v) is 19.0. The normalized spacial score (nSPS) is 17.6. The van der Waals surface area contributed by atoms with Crippen LogP contribution in [0.25, 0.3) is 0 Å². The summed E-state index contributed by atoms with van der Waals surface area (Å²) in [5.74, 6) is 1.02. The van der Waals surface area contributed by atoms with E-state index in [-0.39, 0.29) is 17.3 Å². The van der Waals surface area contributed by atoms with E-state index in [1.54, 1.807) is 0 Å². The molecule has 0 saturated heterocycles. The number of aryl methyl sites for hydroxylation is 2. The van der Waals surface area contributed by atoms with Gasteiger partial charge >= 0.3 is 0 Å². The quantitative estimate of drug-likeness (QED) is 0.426. The fourth-order valence-corrected chi connectivity index (χ4v) is 5.25. The van der Waals surface area contributed by atoms with E-state index < -0.39 is 0 Å². The monoisotopic (exact) mass is 443 g/mol. The van der Waals surface area contributed by atoms with Gasteiger partial charge in [-0.05, 0) is 37.8 Å². The highest BCUT2D eigenvalue weighted by molar-refractivity contribution is 7.98. The number of hydrogen-bond acceptors (Lipinski definition) is 5. The first-order valence-corrected chi connectivity index (χ1v) is 11.9. The Balaban J connectivity index is 1.54. The second-order valence-corrected chi connectivity index (χ2v) is 9.51. The van der Waals surface area contributed by atoms with Crippen molar-refractivity contribution in [3.8, 4) is 0 Å². The molecular weight excluding hydrogens is 418 g/mol. The SMILES string of the molecule is Cc1ccc(CSc2nc3c(c(=O)[nH]2)[C@@H](c2ccc(C)cc2)C2=C(CCCC2=O)N3)cc1. The van der Waals surface area contributed by atoms with Crippen LogP contribution >= 0.6 is 11.8 Å². The number of thioether (sulfide) groups is 1. The van der Waals surface area contributed by atoms with Crippen LogP contribution in [-0.2, 0) is 10.5 Å². The van der Waals surface area contributed by atoms with Crippen LogP contribution in [0.15, 0.2) is 69.8 Å². The second kappa shape index (κ2) is 8.43. The molecule has 0 saturated carbocycles. The third-order valence-electron chi connectivity index (χ3n) is 6.14. The van der Waals surface area contributed by atoms with Gasteiger partial charge in [-0.25, -0.2) is 4.98 Å². The minimum Gasteiger partial charge on any atom is -0.343 e. The lowest BCUT2D eigenvalue weighted by Gasteiger charge is -2.32. The Bertz CT molecular complexity index is 1270. The predicted molar refractivity (Wildman–Crippen MR) is 128 cm³/mol. The van der Waals surface area contributed by atoms with E-state index in [1.165, 1.54) is 22.9 Å². The van der Waals surface area contributed by atoms with Crippen LogP contribution in [-0.4, -0.2) is 15.8 Å². The third-order valence-corrected chi connectivity index (χ3v) is 7.09. The van der Waals surface area contributed by atoms with Crippen LogP contribution in [0.2, 0.25) is 0 Å². The largest absolute Gasteiger partial charge is 0.343 e. The molecule has 1 aromatic heterocycles. The number of nitrogens with zero attached hydrogens (tertiary/aromatic N) is 1. The van der Waals surface area contributed by atoms with E-state index in [1.807, 2.05) is 31.2 Å². The number of Topliss-reactive ketones (excluding diaryl/α,β-unsaturated/α-hetero) is 1. The smallest absolute Gasteiger partial charge is 0.257 e. The van der Waals surface area contributed by atoms with Gasteiger partial charge in [0.15, 0.2) is 10.9 Å². The number of allylic oxidation sites excluding steroid dienone is 2. The third kappa shape index (κ3) is 3.91. The van der Waals surface area contributed by atoms with Crippen LogP contribution in [0.3, 0.4) is 0 Å². The number of ketones is 1. The van der Waals surface area contributed by atoms with E-state index in [9.17, 15) is 9.59 Å². The van der Waals surface area contributed by atoms with E-state index in [2.05, 4.69) is 41.5 Å². The summed E-state index contributed by atoms with van der Waals surface area (Å²) in [4.78, 5) is 33.9.